The highest BCUT2D eigenvalue weighted by atomic mass is 79.9. The average molecular weight is 414 g/mol. The molecule has 0 saturated heterocycles. The van der Waals surface area contributed by atoms with E-state index in [1.807, 2.05) is 54.8 Å². The van der Waals surface area contributed by atoms with Crippen molar-refractivity contribution in [3.05, 3.63) is 63.0 Å². The van der Waals surface area contributed by atoms with E-state index < -0.39 is 0 Å². The van der Waals surface area contributed by atoms with Crippen LogP contribution in [0.1, 0.15) is 0 Å². The first kappa shape index (κ1) is 16.0. The number of furan rings is 1. The monoisotopic (exact) mass is 412 g/mol. The largest absolute Gasteiger partial charge is 0.454 e. The molecule has 1 nitrogen and oxygen atoms in total. The molecule has 1 aromatic heterocycles. The fraction of sp³-hybridized carbons (Fsp3) is 0.0588. The average Bonchev–Trinajstić information content (AvgIpc) is 2.85. The molecule has 0 aliphatic heterocycles. The van der Waals surface area contributed by atoms with Gasteiger partial charge in [-0.1, -0.05) is 23.2 Å². The van der Waals surface area contributed by atoms with Gasteiger partial charge in [0.15, 0.2) is 0 Å². The summed E-state index contributed by atoms with van der Waals surface area (Å²) in [6, 6.07) is 15.2. The molecule has 2 aromatic carbocycles. The third-order valence-electron chi connectivity index (χ3n) is 3.23. The molecular formula is C17H11BrCl2OS. The maximum absolute atomic E-state index is 6.13. The second-order valence-corrected chi connectivity index (χ2v) is 7.10. The first-order chi connectivity index (χ1) is 10.6. The summed E-state index contributed by atoms with van der Waals surface area (Å²) in [5.41, 5.74) is 1.97. The van der Waals surface area contributed by atoms with Crippen LogP contribution in [0.4, 0.5) is 0 Å². The summed E-state index contributed by atoms with van der Waals surface area (Å²) < 4.78 is 7.09. The van der Waals surface area contributed by atoms with E-state index in [0.29, 0.717) is 10.0 Å². The van der Waals surface area contributed by atoms with Crippen LogP contribution in [0.2, 0.25) is 10.0 Å². The summed E-state index contributed by atoms with van der Waals surface area (Å²) >= 11 is 17.2. The van der Waals surface area contributed by atoms with Crippen LogP contribution >= 0.6 is 50.9 Å². The van der Waals surface area contributed by atoms with Crippen LogP contribution in [0.15, 0.2) is 62.3 Å². The first-order valence-corrected chi connectivity index (χ1v) is 9.25. The molecule has 0 bridgehead atoms. The molecule has 0 aliphatic carbocycles. The highest BCUT2D eigenvalue weighted by Gasteiger charge is 2.20. The van der Waals surface area contributed by atoms with Crippen molar-refractivity contribution < 1.29 is 4.42 Å². The number of hydrogen-bond acceptors (Lipinski definition) is 2. The Kier molecular flexibility index (Phi) is 4.88. The van der Waals surface area contributed by atoms with Crippen molar-refractivity contribution in [1.29, 1.82) is 0 Å². The van der Waals surface area contributed by atoms with Gasteiger partial charge < -0.3 is 4.42 Å². The molecule has 0 saturated carbocycles. The fourth-order valence-electron chi connectivity index (χ4n) is 2.16. The number of halogens is 3. The van der Waals surface area contributed by atoms with E-state index in [4.69, 9.17) is 27.6 Å². The molecule has 0 N–H and O–H groups in total. The van der Waals surface area contributed by atoms with Crippen LogP contribution in [0.3, 0.4) is 0 Å². The Morgan fingerprint density at radius 1 is 0.818 bits per heavy atom. The molecule has 3 aromatic rings. The minimum Gasteiger partial charge on any atom is -0.454 e. The van der Waals surface area contributed by atoms with E-state index in [9.17, 15) is 0 Å². The highest BCUT2D eigenvalue weighted by Crippen LogP contribution is 2.45. The molecule has 0 unspecified atom stereocenters. The zero-order valence-electron chi connectivity index (χ0n) is 11.6. The van der Waals surface area contributed by atoms with Gasteiger partial charge in [-0.25, -0.2) is 0 Å². The molecule has 0 aliphatic rings. The molecule has 0 atom stereocenters. The van der Waals surface area contributed by atoms with Gasteiger partial charge in [0.05, 0.1) is 9.37 Å². The maximum atomic E-state index is 6.13. The Labute approximate surface area is 151 Å². The fourth-order valence-corrected chi connectivity index (χ4v) is 4.00. The molecule has 112 valence electrons. The van der Waals surface area contributed by atoms with Gasteiger partial charge in [-0.15, -0.1) is 11.8 Å². The molecular weight excluding hydrogens is 403 g/mol. The van der Waals surface area contributed by atoms with E-state index in [1.54, 1.807) is 11.8 Å². The molecule has 0 radical (unpaired) electrons. The van der Waals surface area contributed by atoms with Crippen molar-refractivity contribution in [3.8, 4) is 22.6 Å². The SMILES string of the molecule is CSc1c(-c2ccc(Cl)cc2)oc(-c2ccc(Cl)cc2)c1Br. The van der Waals surface area contributed by atoms with Gasteiger partial charge >= 0.3 is 0 Å². The summed E-state index contributed by atoms with van der Waals surface area (Å²) in [5, 5.41) is 1.41. The Morgan fingerprint density at radius 2 is 1.27 bits per heavy atom. The van der Waals surface area contributed by atoms with Gasteiger partial charge in [-0.05, 0) is 70.7 Å². The van der Waals surface area contributed by atoms with Crippen LogP contribution < -0.4 is 0 Å². The van der Waals surface area contributed by atoms with Gasteiger partial charge in [0, 0.05) is 21.2 Å². The molecule has 0 spiro atoms. The van der Waals surface area contributed by atoms with Crippen molar-refractivity contribution in [1.82, 2.24) is 0 Å². The second-order valence-electron chi connectivity index (χ2n) is 4.62. The van der Waals surface area contributed by atoms with Crippen molar-refractivity contribution >= 4 is 50.9 Å². The van der Waals surface area contributed by atoms with E-state index in [2.05, 4.69) is 15.9 Å². The van der Waals surface area contributed by atoms with Crippen LogP contribution in [-0.4, -0.2) is 6.26 Å². The number of benzene rings is 2. The predicted octanol–water partition coefficient (Wildman–Crippen LogP) is 7.40. The molecule has 22 heavy (non-hydrogen) atoms. The van der Waals surface area contributed by atoms with E-state index in [1.165, 1.54) is 0 Å². The summed E-state index contributed by atoms with van der Waals surface area (Å²) in [5.74, 6) is 1.63. The van der Waals surface area contributed by atoms with Crippen LogP contribution in [0.25, 0.3) is 22.6 Å². The highest BCUT2D eigenvalue weighted by molar-refractivity contribution is 9.10. The van der Waals surface area contributed by atoms with Gasteiger partial charge in [0.25, 0.3) is 0 Å². The normalized spacial score (nSPS) is 10.9. The van der Waals surface area contributed by atoms with Gasteiger partial charge in [0.2, 0.25) is 0 Å². The lowest BCUT2D eigenvalue weighted by Crippen LogP contribution is -1.76. The quantitative estimate of drug-likeness (QED) is 0.414. The van der Waals surface area contributed by atoms with Crippen LogP contribution in [-0.2, 0) is 0 Å². The van der Waals surface area contributed by atoms with Crippen molar-refractivity contribution in [2.24, 2.45) is 0 Å². The number of rotatable bonds is 3. The van der Waals surface area contributed by atoms with Crippen molar-refractivity contribution in [3.63, 3.8) is 0 Å². The molecule has 0 fully saturated rings. The molecule has 3 rings (SSSR count). The third-order valence-corrected chi connectivity index (χ3v) is 5.55. The zero-order chi connectivity index (χ0) is 15.7. The first-order valence-electron chi connectivity index (χ1n) is 6.48. The third kappa shape index (κ3) is 3.09. The topological polar surface area (TPSA) is 13.1 Å². The number of thioether (sulfide) groups is 1. The number of hydrogen-bond donors (Lipinski definition) is 0. The Morgan fingerprint density at radius 3 is 1.73 bits per heavy atom. The van der Waals surface area contributed by atoms with E-state index >= 15 is 0 Å². The van der Waals surface area contributed by atoms with Crippen LogP contribution in [0.5, 0.6) is 0 Å². The Balaban J connectivity index is 2.14. The summed E-state index contributed by atoms with van der Waals surface area (Å²) in [7, 11) is 0. The van der Waals surface area contributed by atoms with Gasteiger partial charge in [-0.2, -0.15) is 0 Å². The predicted molar refractivity (Wildman–Crippen MR) is 99.1 cm³/mol. The van der Waals surface area contributed by atoms with Crippen molar-refractivity contribution in [2.75, 3.05) is 6.26 Å². The second kappa shape index (κ2) is 6.71. The molecule has 1 heterocycles. The minimum absolute atomic E-state index is 0.703. The maximum Gasteiger partial charge on any atom is 0.150 e. The zero-order valence-corrected chi connectivity index (χ0v) is 15.5. The summed E-state index contributed by atoms with van der Waals surface area (Å²) in [6.07, 6.45) is 2.03. The Hall–Kier alpha value is -0.870. The van der Waals surface area contributed by atoms with E-state index in [0.717, 1.165) is 32.0 Å². The Bertz CT molecular complexity index is 795. The van der Waals surface area contributed by atoms with Gasteiger partial charge in [-0.3, -0.25) is 0 Å². The molecule has 0 amide bonds. The summed E-state index contributed by atoms with van der Waals surface area (Å²) in [4.78, 5) is 1.06. The standard InChI is InChI=1S/C17H11BrCl2OS/c1-22-17-14(18)15(10-2-6-12(19)7-3-10)21-16(17)11-4-8-13(20)9-5-11/h2-9H,1H3. The lowest BCUT2D eigenvalue weighted by Gasteiger charge is -2.00. The van der Waals surface area contributed by atoms with Gasteiger partial charge in [0.1, 0.15) is 11.5 Å². The summed E-state index contributed by atoms with van der Waals surface area (Å²) in [6.45, 7) is 0. The molecule has 5 heteroatoms. The minimum atomic E-state index is 0.703. The lowest BCUT2D eigenvalue weighted by molar-refractivity contribution is 0.592. The van der Waals surface area contributed by atoms with E-state index in [-0.39, 0.29) is 0 Å². The van der Waals surface area contributed by atoms with Crippen molar-refractivity contribution in [2.45, 2.75) is 4.90 Å². The lowest BCUT2D eigenvalue weighted by atomic mass is 10.1. The smallest absolute Gasteiger partial charge is 0.150 e. The van der Waals surface area contributed by atoms with Crippen LogP contribution in [0, 0.1) is 0 Å².